The summed E-state index contributed by atoms with van der Waals surface area (Å²) in [7, 11) is 3.31. The molecule has 0 aliphatic rings. The van der Waals surface area contributed by atoms with E-state index in [0.717, 1.165) is 25.3 Å². The maximum absolute atomic E-state index is 12.0. The van der Waals surface area contributed by atoms with Crippen molar-refractivity contribution in [2.75, 3.05) is 33.8 Å². The van der Waals surface area contributed by atoms with Crippen LogP contribution in [0.4, 0.5) is 0 Å². The molecule has 1 amide bonds. The van der Waals surface area contributed by atoms with Gasteiger partial charge in [-0.1, -0.05) is 19.4 Å². The molecule has 0 aliphatic carbocycles. The number of rotatable bonds is 8. The number of amides is 1. The van der Waals surface area contributed by atoms with Crippen molar-refractivity contribution >= 4 is 11.9 Å². The lowest BCUT2D eigenvalue weighted by Crippen LogP contribution is -2.41. The fraction of sp³-hybridized carbons (Fsp3) is 0.500. The van der Waals surface area contributed by atoms with Crippen molar-refractivity contribution in [2.24, 2.45) is 4.99 Å². The molecule has 0 aliphatic heterocycles. The van der Waals surface area contributed by atoms with Gasteiger partial charge in [-0.25, -0.2) is 0 Å². The SMILES string of the molecule is CCCCNC(=NC)NCCNC(=O)c1cccc(OC)c1. The fourth-order valence-corrected chi connectivity index (χ4v) is 1.83. The molecule has 22 heavy (non-hydrogen) atoms. The number of benzene rings is 1. The predicted molar refractivity (Wildman–Crippen MR) is 89.6 cm³/mol. The Hall–Kier alpha value is -2.24. The number of guanidine groups is 1. The number of unbranched alkanes of at least 4 members (excludes halogenated alkanes) is 1. The quantitative estimate of drug-likeness (QED) is 0.385. The van der Waals surface area contributed by atoms with Crippen LogP contribution in [-0.4, -0.2) is 45.7 Å². The van der Waals surface area contributed by atoms with E-state index in [1.807, 2.05) is 6.07 Å². The molecule has 0 unspecified atom stereocenters. The molecule has 3 N–H and O–H groups in total. The molecule has 0 heterocycles. The summed E-state index contributed by atoms with van der Waals surface area (Å²) in [5.74, 6) is 1.31. The average Bonchev–Trinajstić information content (AvgIpc) is 2.56. The Morgan fingerprint density at radius 1 is 1.18 bits per heavy atom. The number of aliphatic imine (C=N–C) groups is 1. The van der Waals surface area contributed by atoms with Gasteiger partial charge in [0.05, 0.1) is 7.11 Å². The molecule has 1 aromatic rings. The average molecular weight is 306 g/mol. The number of nitrogens with zero attached hydrogens (tertiary/aromatic N) is 1. The second kappa shape index (κ2) is 10.5. The van der Waals surface area contributed by atoms with Gasteiger partial charge in [-0.05, 0) is 24.6 Å². The second-order valence-electron chi connectivity index (χ2n) is 4.77. The van der Waals surface area contributed by atoms with Gasteiger partial charge in [-0.3, -0.25) is 9.79 Å². The zero-order valence-corrected chi connectivity index (χ0v) is 13.6. The van der Waals surface area contributed by atoms with Crippen LogP contribution < -0.4 is 20.7 Å². The highest BCUT2D eigenvalue weighted by Gasteiger charge is 2.05. The normalized spacial score (nSPS) is 11.0. The molecule has 0 saturated carbocycles. The molecular formula is C16H26N4O2. The fourth-order valence-electron chi connectivity index (χ4n) is 1.83. The summed E-state index contributed by atoms with van der Waals surface area (Å²) in [6, 6.07) is 7.08. The predicted octanol–water partition coefficient (Wildman–Crippen LogP) is 1.39. The van der Waals surface area contributed by atoms with E-state index < -0.39 is 0 Å². The van der Waals surface area contributed by atoms with Crippen LogP contribution in [0.15, 0.2) is 29.3 Å². The lowest BCUT2D eigenvalue weighted by atomic mass is 10.2. The van der Waals surface area contributed by atoms with Crippen LogP contribution in [-0.2, 0) is 0 Å². The van der Waals surface area contributed by atoms with Gasteiger partial charge in [-0.15, -0.1) is 0 Å². The van der Waals surface area contributed by atoms with E-state index in [9.17, 15) is 4.79 Å². The van der Waals surface area contributed by atoms with Gasteiger partial charge in [-0.2, -0.15) is 0 Å². The van der Waals surface area contributed by atoms with Gasteiger partial charge in [0.2, 0.25) is 0 Å². The van der Waals surface area contributed by atoms with E-state index in [-0.39, 0.29) is 5.91 Å². The molecule has 0 radical (unpaired) electrons. The molecule has 122 valence electrons. The lowest BCUT2D eigenvalue weighted by Gasteiger charge is -2.12. The number of methoxy groups -OCH3 is 1. The second-order valence-corrected chi connectivity index (χ2v) is 4.77. The Morgan fingerprint density at radius 2 is 1.91 bits per heavy atom. The highest BCUT2D eigenvalue weighted by Crippen LogP contribution is 2.11. The zero-order valence-electron chi connectivity index (χ0n) is 13.6. The van der Waals surface area contributed by atoms with Gasteiger partial charge in [0.1, 0.15) is 5.75 Å². The highest BCUT2D eigenvalue weighted by molar-refractivity contribution is 5.94. The third kappa shape index (κ3) is 6.47. The van der Waals surface area contributed by atoms with Gasteiger partial charge >= 0.3 is 0 Å². The van der Waals surface area contributed by atoms with Crippen LogP contribution in [0, 0.1) is 0 Å². The van der Waals surface area contributed by atoms with Crippen LogP contribution in [0.3, 0.4) is 0 Å². The Labute approximate surface area is 132 Å². The van der Waals surface area contributed by atoms with Crippen molar-refractivity contribution in [3.63, 3.8) is 0 Å². The van der Waals surface area contributed by atoms with Crippen LogP contribution in [0.25, 0.3) is 0 Å². The monoisotopic (exact) mass is 306 g/mol. The first kappa shape index (κ1) is 17.8. The van der Waals surface area contributed by atoms with Crippen molar-refractivity contribution in [3.05, 3.63) is 29.8 Å². The summed E-state index contributed by atoms with van der Waals surface area (Å²) in [5.41, 5.74) is 0.588. The van der Waals surface area contributed by atoms with Crippen molar-refractivity contribution in [3.8, 4) is 5.75 Å². The molecule has 0 bridgehead atoms. The number of carbonyl (C=O) groups excluding carboxylic acids is 1. The van der Waals surface area contributed by atoms with Crippen molar-refractivity contribution in [1.29, 1.82) is 0 Å². The van der Waals surface area contributed by atoms with E-state index in [0.29, 0.717) is 24.4 Å². The van der Waals surface area contributed by atoms with Gasteiger partial charge in [0.15, 0.2) is 5.96 Å². The minimum absolute atomic E-state index is 0.116. The third-order valence-electron chi connectivity index (χ3n) is 3.08. The highest BCUT2D eigenvalue weighted by atomic mass is 16.5. The number of nitrogens with one attached hydrogen (secondary N) is 3. The largest absolute Gasteiger partial charge is 0.497 e. The molecular weight excluding hydrogens is 280 g/mol. The lowest BCUT2D eigenvalue weighted by molar-refractivity contribution is 0.0954. The maximum atomic E-state index is 12.0. The van der Waals surface area contributed by atoms with Crippen molar-refractivity contribution in [2.45, 2.75) is 19.8 Å². The van der Waals surface area contributed by atoms with Gasteiger partial charge in [0.25, 0.3) is 5.91 Å². The summed E-state index contributed by atoms with van der Waals surface area (Å²) in [4.78, 5) is 16.1. The van der Waals surface area contributed by atoms with Crippen LogP contribution >= 0.6 is 0 Å². The Balaban J connectivity index is 2.29. The van der Waals surface area contributed by atoms with Crippen LogP contribution in [0.5, 0.6) is 5.75 Å². The molecule has 1 aromatic carbocycles. The number of hydrogen-bond donors (Lipinski definition) is 3. The summed E-state index contributed by atoms with van der Waals surface area (Å²) in [6.07, 6.45) is 2.24. The van der Waals surface area contributed by atoms with Gasteiger partial charge in [0, 0.05) is 32.2 Å². The topological polar surface area (TPSA) is 74.8 Å². The Kier molecular flexibility index (Phi) is 8.49. The summed E-state index contributed by atoms with van der Waals surface area (Å²) in [6.45, 7) is 4.17. The zero-order chi connectivity index (χ0) is 16.2. The van der Waals surface area contributed by atoms with Crippen LogP contribution in [0.2, 0.25) is 0 Å². The summed E-state index contributed by atoms with van der Waals surface area (Å²) >= 11 is 0. The van der Waals surface area contributed by atoms with Crippen molar-refractivity contribution in [1.82, 2.24) is 16.0 Å². The standard InChI is InChI=1S/C16H26N4O2/c1-4-5-9-19-16(17-2)20-11-10-18-15(21)13-7-6-8-14(12-13)22-3/h6-8,12H,4-5,9-11H2,1-3H3,(H,18,21)(H2,17,19,20). The minimum Gasteiger partial charge on any atom is -0.497 e. The van der Waals surface area contributed by atoms with Crippen molar-refractivity contribution < 1.29 is 9.53 Å². The van der Waals surface area contributed by atoms with Crippen LogP contribution in [0.1, 0.15) is 30.1 Å². The Morgan fingerprint density at radius 3 is 2.59 bits per heavy atom. The van der Waals surface area contributed by atoms with E-state index in [4.69, 9.17) is 4.74 Å². The number of ether oxygens (including phenoxy) is 1. The Bertz CT molecular complexity index is 489. The first-order chi connectivity index (χ1) is 10.7. The van der Waals surface area contributed by atoms with E-state index in [1.54, 1.807) is 32.4 Å². The number of carbonyl (C=O) groups is 1. The van der Waals surface area contributed by atoms with Gasteiger partial charge < -0.3 is 20.7 Å². The smallest absolute Gasteiger partial charge is 0.251 e. The molecule has 0 saturated heterocycles. The first-order valence-corrected chi connectivity index (χ1v) is 7.58. The third-order valence-corrected chi connectivity index (χ3v) is 3.08. The number of hydrogen-bond acceptors (Lipinski definition) is 3. The van der Waals surface area contributed by atoms with E-state index in [2.05, 4.69) is 27.9 Å². The molecule has 1 rings (SSSR count). The first-order valence-electron chi connectivity index (χ1n) is 7.58. The minimum atomic E-state index is -0.116. The summed E-state index contributed by atoms with van der Waals surface area (Å²) in [5, 5.41) is 9.23. The van der Waals surface area contributed by atoms with E-state index >= 15 is 0 Å². The summed E-state index contributed by atoms with van der Waals surface area (Å²) < 4.78 is 5.11. The van der Waals surface area contributed by atoms with E-state index in [1.165, 1.54) is 0 Å². The molecule has 0 fully saturated rings. The molecule has 6 nitrogen and oxygen atoms in total. The molecule has 0 atom stereocenters. The molecule has 0 spiro atoms. The molecule has 0 aromatic heterocycles. The molecule has 6 heteroatoms. The maximum Gasteiger partial charge on any atom is 0.251 e.